The summed E-state index contributed by atoms with van der Waals surface area (Å²) in [7, 11) is 1.72. The van der Waals surface area contributed by atoms with E-state index in [2.05, 4.69) is 15.0 Å². The Morgan fingerprint density at radius 1 is 1.33 bits per heavy atom. The van der Waals surface area contributed by atoms with E-state index in [4.69, 9.17) is 5.26 Å². The maximum absolute atomic E-state index is 12.4. The summed E-state index contributed by atoms with van der Waals surface area (Å²) in [5.41, 5.74) is 1.75. The van der Waals surface area contributed by atoms with Gasteiger partial charge >= 0.3 is 0 Å². The SMILES string of the molecule is Cc1nc2c(c(=O)n1C)CN(c1nccnc1C#N)CC2. The third kappa shape index (κ3) is 2.14. The van der Waals surface area contributed by atoms with Crippen LogP contribution in [0.5, 0.6) is 0 Å². The lowest BCUT2D eigenvalue weighted by Crippen LogP contribution is -2.38. The lowest BCUT2D eigenvalue weighted by atomic mass is 10.1. The normalized spacial score (nSPS) is 13.7. The van der Waals surface area contributed by atoms with Crippen LogP contribution in [0.25, 0.3) is 0 Å². The van der Waals surface area contributed by atoms with E-state index in [0.29, 0.717) is 36.7 Å². The monoisotopic (exact) mass is 282 g/mol. The molecule has 3 rings (SSSR count). The van der Waals surface area contributed by atoms with E-state index in [1.807, 2.05) is 17.9 Å². The molecule has 0 spiro atoms. The first kappa shape index (κ1) is 13.2. The van der Waals surface area contributed by atoms with Crippen LogP contribution in [-0.4, -0.2) is 26.1 Å². The highest BCUT2D eigenvalue weighted by Gasteiger charge is 2.24. The Morgan fingerprint density at radius 2 is 2.10 bits per heavy atom. The van der Waals surface area contributed by atoms with Gasteiger partial charge in [0.25, 0.3) is 5.56 Å². The summed E-state index contributed by atoms with van der Waals surface area (Å²) in [5.74, 6) is 1.23. The van der Waals surface area contributed by atoms with Crippen LogP contribution in [0.1, 0.15) is 22.8 Å². The molecule has 0 saturated carbocycles. The molecule has 2 aromatic heterocycles. The number of aromatic nitrogens is 4. The molecule has 0 saturated heterocycles. The zero-order valence-electron chi connectivity index (χ0n) is 11.9. The second kappa shape index (κ2) is 4.98. The molecule has 0 N–H and O–H groups in total. The average molecular weight is 282 g/mol. The van der Waals surface area contributed by atoms with E-state index in [0.717, 1.165) is 5.69 Å². The minimum atomic E-state index is -0.0374. The molecule has 21 heavy (non-hydrogen) atoms. The standard InChI is InChI=1S/C14H14N6O/c1-9-18-11-3-6-20(8-10(11)14(21)19(9)2)13-12(7-15)16-4-5-17-13/h4-5H,3,6,8H2,1-2H3. The van der Waals surface area contributed by atoms with Crippen LogP contribution < -0.4 is 10.5 Å². The second-order valence-electron chi connectivity index (χ2n) is 4.96. The van der Waals surface area contributed by atoms with Crippen molar-refractivity contribution in [3.05, 3.63) is 45.5 Å². The summed E-state index contributed by atoms with van der Waals surface area (Å²) >= 11 is 0. The number of anilines is 1. The van der Waals surface area contributed by atoms with Gasteiger partial charge < -0.3 is 4.90 Å². The molecule has 0 amide bonds. The summed E-state index contributed by atoms with van der Waals surface area (Å²) in [4.78, 5) is 27.0. The van der Waals surface area contributed by atoms with E-state index < -0.39 is 0 Å². The van der Waals surface area contributed by atoms with Crippen molar-refractivity contribution < 1.29 is 0 Å². The van der Waals surface area contributed by atoms with Gasteiger partial charge in [-0.3, -0.25) is 9.36 Å². The summed E-state index contributed by atoms with van der Waals surface area (Å²) in [5, 5.41) is 9.12. The lowest BCUT2D eigenvalue weighted by molar-refractivity contribution is 0.648. The van der Waals surface area contributed by atoms with Crippen LogP contribution in [0.2, 0.25) is 0 Å². The van der Waals surface area contributed by atoms with Crippen LogP contribution in [0, 0.1) is 18.3 Å². The molecule has 106 valence electrons. The van der Waals surface area contributed by atoms with Crippen molar-refractivity contribution in [3.63, 3.8) is 0 Å². The largest absolute Gasteiger partial charge is 0.349 e. The number of nitriles is 1. The highest BCUT2D eigenvalue weighted by atomic mass is 16.1. The molecule has 0 aliphatic carbocycles. The average Bonchev–Trinajstić information content (AvgIpc) is 2.52. The maximum Gasteiger partial charge on any atom is 0.258 e. The van der Waals surface area contributed by atoms with Gasteiger partial charge in [-0.15, -0.1) is 0 Å². The summed E-state index contributed by atoms with van der Waals surface area (Å²) < 4.78 is 1.55. The number of aryl methyl sites for hydroxylation is 1. The Kier molecular flexibility index (Phi) is 3.14. The fourth-order valence-corrected chi connectivity index (χ4v) is 2.51. The molecule has 1 aliphatic heterocycles. The first-order valence-corrected chi connectivity index (χ1v) is 6.63. The molecule has 0 bridgehead atoms. The van der Waals surface area contributed by atoms with Gasteiger partial charge in [0.1, 0.15) is 11.9 Å². The smallest absolute Gasteiger partial charge is 0.258 e. The van der Waals surface area contributed by atoms with Gasteiger partial charge in [-0.2, -0.15) is 5.26 Å². The Labute approximate surface area is 121 Å². The zero-order valence-corrected chi connectivity index (χ0v) is 11.9. The van der Waals surface area contributed by atoms with Crippen molar-refractivity contribution in [1.82, 2.24) is 19.5 Å². The molecule has 0 atom stereocenters. The van der Waals surface area contributed by atoms with E-state index in [1.54, 1.807) is 17.8 Å². The van der Waals surface area contributed by atoms with E-state index in [9.17, 15) is 4.79 Å². The van der Waals surface area contributed by atoms with Gasteiger partial charge in [-0.1, -0.05) is 0 Å². The zero-order chi connectivity index (χ0) is 15.0. The van der Waals surface area contributed by atoms with Crippen molar-refractivity contribution in [2.75, 3.05) is 11.4 Å². The van der Waals surface area contributed by atoms with E-state index in [1.165, 1.54) is 6.20 Å². The number of rotatable bonds is 1. The molecule has 2 aromatic rings. The summed E-state index contributed by atoms with van der Waals surface area (Å²) in [6, 6.07) is 2.04. The third-order valence-corrected chi connectivity index (χ3v) is 3.75. The highest BCUT2D eigenvalue weighted by Crippen LogP contribution is 2.21. The first-order chi connectivity index (χ1) is 10.1. The van der Waals surface area contributed by atoms with E-state index >= 15 is 0 Å². The minimum absolute atomic E-state index is 0.0374. The van der Waals surface area contributed by atoms with Crippen molar-refractivity contribution in [2.24, 2.45) is 7.05 Å². The van der Waals surface area contributed by atoms with Gasteiger partial charge in [0.2, 0.25) is 0 Å². The van der Waals surface area contributed by atoms with Crippen molar-refractivity contribution in [3.8, 4) is 6.07 Å². The predicted molar refractivity (Wildman–Crippen MR) is 75.7 cm³/mol. The van der Waals surface area contributed by atoms with Gasteiger partial charge in [0.15, 0.2) is 11.5 Å². The Hall–Kier alpha value is -2.75. The predicted octanol–water partition coefficient (Wildman–Crippen LogP) is 0.313. The summed E-state index contributed by atoms with van der Waals surface area (Å²) in [6.45, 7) is 2.90. The molecule has 7 nitrogen and oxygen atoms in total. The Bertz CT molecular complexity index is 804. The molecular formula is C14H14N6O. The van der Waals surface area contributed by atoms with Crippen LogP contribution in [-0.2, 0) is 20.0 Å². The molecule has 1 aliphatic rings. The second-order valence-corrected chi connectivity index (χ2v) is 4.96. The topological polar surface area (TPSA) is 87.7 Å². The first-order valence-electron chi connectivity index (χ1n) is 6.63. The van der Waals surface area contributed by atoms with Crippen molar-refractivity contribution >= 4 is 5.82 Å². The number of hydrogen-bond donors (Lipinski definition) is 0. The van der Waals surface area contributed by atoms with Crippen LogP contribution in [0.15, 0.2) is 17.2 Å². The van der Waals surface area contributed by atoms with Crippen LogP contribution in [0.3, 0.4) is 0 Å². The molecule has 0 aromatic carbocycles. The van der Waals surface area contributed by atoms with Crippen LogP contribution >= 0.6 is 0 Å². The minimum Gasteiger partial charge on any atom is -0.349 e. The summed E-state index contributed by atoms with van der Waals surface area (Å²) in [6.07, 6.45) is 3.70. The van der Waals surface area contributed by atoms with Crippen LogP contribution in [0.4, 0.5) is 5.82 Å². The fourth-order valence-electron chi connectivity index (χ4n) is 2.51. The van der Waals surface area contributed by atoms with E-state index in [-0.39, 0.29) is 11.3 Å². The Balaban J connectivity index is 2.04. The number of hydrogen-bond acceptors (Lipinski definition) is 6. The quantitative estimate of drug-likeness (QED) is 0.748. The van der Waals surface area contributed by atoms with Gasteiger partial charge in [0.05, 0.1) is 17.8 Å². The van der Waals surface area contributed by atoms with Crippen molar-refractivity contribution in [2.45, 2.75) is 19.9 Å². The fraction of sp³-hybridized carbons (Fsp3) is 0.357. The molecule has 0 radical (unpaired) electrons. The molecule has 3 heterocycles. The number of fused-ring (bicyclic) bond motifs is 1. The van der Waals surface area contributed by atoms with Gasteiger partial charge in [-0.25, -0.2) is 15.0 Å². The lowest BCUT2D eigenvalue weighted by Gasteiger charge is -2.29. The number of nitrogens with zero attached hydrogens (tertiary/aromatic N) is 6. The van der Waals surface area contributed by atoms with Crippen molar-refractivity contribution in [1.29, 1.82) is 5.26 Å². The highest BCUT2D eigenvalue weighted by molar-refractivity contribution is 5.51. The van der Waals surface area contributed by atoms with Gasteiger partial charge in [0, 0.05) is 32.4 Å². The maximum atomic E-state index is 12.4. The molecule has 7 heteroatoms. The molecule has 0 fully saturated rings. The molecule has 0 unspecified atom stereocenters. The van der Waals surface area contributed by atoms with Gasteiger partial charge in [-0.05, 0) is 6.92 Å². The Morgan fingerprint density at radius 3 is 2.86 bits per heavy atom. The molecular weight excluding hydrogens is 268 g/mol. The third-order valence-electron chi connectivity index (χ3n) is 3.75.